The van der Waals surface area contributed by atoms with Crippen molar-refractivity contribution >= 4 is 23.8 Å². The highest BCUT2D eigenvalue weighted by molar-refractivity contribution is 6.07. The fourth-order valence-electron chi connectivity index (χ4n) is 5.36. The summed E-state index contributed by atoms with van der Waals surface area (Å²) >= 11 is 0. The highest BCUT2D eigenvalue weighted by Gasteiger charge is 2.52. The van der Waals surface area contributed by atoms with Crippen LogP contribution < -0.4 is 15.4 Å². The van der Waals surface area contributed by atoms with Crippen molar-refractivity contribution in [3.8, 4) is 5.75 Å². The lowest BCUT2D eigenvalue weighted by Gasteiger charge is -2.22. The number of imide groups is 1. The molecule has 1 aliphatic carbocycles. The van der Waals surface area contributed by atoms with Crippen LogP contribution in [-0.2, 0) is 14.4 Å². The van der Waals surface area contributed by atoms with Crippen molar-refractivity contribution in [1.29, 1.82) is 0 Å². The SMILES string of the molecule is CCC(NC(=O)CCCN1C(=O)NC2(CCCC2)C1=O)c1ccccc1OCC(=O)N1CCCC1. The molecule has 1 aromatic carbocycles. The first-order chi connectivity index (χ1) is 16.9. The van der Waals surface area contributed by atoms with Crippen LogP contribution in [0, 0.1) is 0 Å². The Morgan fingerprint density at radius 2 is 1.83 bits per heavy atom. The summed E-state index contributed by atoms with van der Waals surface area (Å²) in [4.78, 5) is 53.2. The van der Waals surface area contributed by atoms with Gasteiger partial charge in [0.2, 0.25) is 5.91 Å². The van der Waals surface area contributed by atoms with E-state index in [9.17, 15) is 19.2 Å². The average molecular weight is 485 g/mol. The number of amides is 5. The van der Waals surface area contributed by atoms with E-state index in [1.54, 1.807) is 0 Å². The maximum Gasteiger partial charge on any atom is 0.325 e. The predicted octanol–water partition coefficient (Wildman–Crippen LogP) is 2.90. The van der Waals surface area contributed by atoms with Gasteiger partial charge in [0.05, 0.1) is 6.04 Å². The summed E-state index contributed by atoms with van der Waals surface area (Å²) in [6.07, 6.45) is 6.60. The lowest BCUT2D eigenvalue weighted by Crippen LogP contribution is -2.44. The number of rotatable bonds is 10. The summed E-state index contributed by atoms with van der Waals surface area (Å²) in [5.74, 6) is 0.270. The number of ether oxygens (including phenoxy) is 1. The Labute approximate surface area is 206 Å². The minimum atomic E-state index is -0.716. The quantitative estimate of drug-likeness (QED) is 0.497. The Hall–Kier alpha value is -3.10. The molecule has 5 amide bonds. The third-order valence-corrected chi connectivity index (χ3v) is 7.34. The van der Waals surface area contributed by atoms with E-state index in [2.05, 4.69) is 10.6 Å². The first-order valence-corrected chi connectivity index (χ1v) is 12.9. The first kappa shape index (κ1) is 25.0. The lowest BCUT2D eigenvalue weighted by molar-refractivity contribution is -0.132. The second-order valence-corrected chi connectivity index (χ2v) is 9.72. The predicted molar refractivity (Wildman–Crippen MR) is 130 cm³/mol. The molecule has 0 bridgehead atoms. The van der Waals surface area contributed by atoms with Crippen LogP contribution in [-0.4, -0.2) is 65.3 Å². The van der Waals surface area contributed by atoms with E-state index in [1.807, 2.05) is 36.1 Å². The van der Waals surface area contributed by atoms with Gasteiger partial charge in [-0.15, -0.1) is 0 Å². The fraction of sp³-hybridized carbons (Fsp3) is 0.615. The molecule has 3 fully saturated rings. The number of urea groups is 1. The Morgan fingerprint density at radius 3 is 2.54 bits per heavy atom. The second-order valence-electron chi connectivity index (χ2n) is 9.72. The van der Waals surface area contributed by atoms with Gasteiger partial charge in [-0.2, -0.15) is 0 Å². The molecule has 4 rings (SSSR count). The van der Waals surface area contributed by atoms with Crippen molar-refractivity contribution < 1.29 is 23.9 Å². The number of nitrogens with zero attached hydrogens (tertiary/aromatic N) is 2. The van der Waals surface area contributed by atoms with Gasteiger partial charge in [0.15, 0.2) is 6.61 Å². The molecule has 2 saturated heterocycles. The summed E-state index contributed by atoms with van der Waals surface area (Å²) in [7, 11) is 0. The number of nitrogens with one attached hydrogen (secondary N) is 2. The highest BCUT2D eigenvalue weighted by atomic mass is 16.5. The van der Waals surface area contributed by atoms with Crippen LogP contribution in [0.4, 0.5) is 4.79 Å². The third-order valence-electron chi connectivity index (χ3n) is 7.34. The van der Waals surface area contributed by atoms with E-state index in [0.717, 1.165) is 44.3 Å². The molecule has 190 valence electrons. The summed E-state index contributed by atoms with van der Waals surface area (Å²) in [5, 5.41) is 5.91. The van der Waals surface area contributed by atoms with Crippen LogP contribution >= 0.6 is 0 Å². The van der Waals surface area contributed by atoms with Gasteiger partial charge in [0, 0.05) is 31.6 Å². The Morgan fingerprint density at radius 1 is 1.11 bits per heavy atom. The lowest BCUT2D eigenvalue weighted by atomic mass is 9.98. The van der Waals surface area contributed by atoms with Gasteiger partial charge >= 0.3 is 6.03 Å². The van der Waals surface area contributed by atoms with Crippen LogP contribution in [0.3, 0.4) is 0 Å². The van der Waals surface area contributed by atoms with Gasteiger partial charge in [0.25, 0.3) is 11.8 Å². The number of hydrogen-bond donors (Lipinski definition) is 2. The van der Waals surface area contributed by atoms with Gasteiger partial charge in [-0.05, 0) is 44.6 Å². The molecule has 0 radical (unpaired) electrons. The molecule has 2 N–H and O–H groups in total. The number of carbonyl (C=O) groups excluding carboxylic acids is 4. The normalized spacial score (nSPS) is 19.8. The van der Waals surface area contributed by atoms with Crippen molar-refractivity contribution in [2.45, 2.75) is 76.3 Å². The molecule has 1 spiro atoms. The topological polar surface area (TPSA) is 108 Å². The molecule has 3 aliphatic rings. The number of likely N-dealkylation sites (tertiary alicyclic amines) is 1. The van der Waals surface area contributed by atoms with Crippen molar-refractivity contribution in [2.75, 3.05) is 26.2 Å². The largest absolute Gasteiger partial charge is 0.483 e. The van der Waals surface area contributed by atoms with Gasteiger partial charge in [0.1, 0.15) is 11.3 Å². The summed E-state index contributed by atoms with van der Waals surface area (Å²) in [5.41, 5.74) is 0.113. The average Bonchev–Trinajstić information content (AvgIpc) is 3.60. The monoisotopic (exact) mass is 484 g/mol. The van der Waals surface area contributed by atoms with Gasteiger partial charge in [-0.1, -0.05) is 38.0 Å². The zero-order valence-corrected chi connectivity index (χ0v) is 20.5. The van der Waals surface area contributed by atoms with Crippen LogP contribution in [0.1, 0.15) is 76.3 Å². The summed E-state index contributed by atoms with van der Waals surface area (Å²) in [6.45, 7) is 3.75. The van der Waals surface area contributed by atoms with E-state index in [4.69, 9.17) is 4.74 Å². The van der Waals surface area contributed by atoms with Gasteiger partial charge < -0.3 is 20.3 Å². The molecule has 35 heavy (non-hydrogen) atoms. The maximum atomic E-state index is 12.8. The summed E-state index contributed by atoms with van der Waals surface area (Å²) < 4.78 is 5.86. The second kappa shape index (κ2) is 11.1. The van der Waals surface area contributed by atoms with Crippen molar-refractivity contribution in [3.63, 3.8) is 0 Å². The number of hydrogen-bond acceptors (Lipinski definition) is 5. The van der Waals surface area contributed by atoms with E-state index in [1.165, 1.54) is 4.90 Å². The molecular weight excluding hydrogens is 448 g/mol. The zero-order valence-electron chi connectivity index (χ0n) is 20.5. The Balaban J connectivity index is 1.28. The van der Waals surface area contributed by atoms with Crippen LogP contribution in [0.15, 0.2) is 24.3 Å². The number of carbonyl (C=O) groups is 4. The Bertz CT molecular complexity index is 953. The first-order valence-electron chi connectivity index (χ1n) is 12.9. The van der Waals surface area contributed by atoms with E-state index in [-0.39, 0.29) is 49.4 Å². The molecule has 1 unspecified atom stereocenters. The minimum absolute atomic E-state index is 0.0190. The van der Waals surface area contributed by atoms with Crippen molar-refractivity contribution in [1.82, 2.24) is 20.4 Å². The van der Waals surface area contributed by atoms with E-state index >= 15 is 0 Å². The molecule has 2 heterocycles. The highest BCUT2D eigenvalue weighted by Crippen LogP contribution is 2.35. The summed E-state index contributed by atoms with van der Waals surface area (Å²) in [6, 6.07) is 6.84. The van der Waals surface area contributed by atoms with Crippen LogP contribution in [0.25, 0.3) is 0 Å². The minimum Gasteiger partial charge on any atom is -0.483 e. The fourth-order valence-corrected chi connectivity index (χ4v) is 5.36. The maximum absolute atomic E-state index is 12.8. The van der Waals surface area contributed by atoms with Crippen molar-refractivity contribution in [2.24, 2.45) is 0 Å². The van der Waals surface area contributed by atoms with Crippen LogP contribution in [0.5, 0.6) is 5.75 Å². The molecule has 9 heteroatoms. The molecule has 9 nitrogen and oxygen atoms in total. The third kappa shape index (κ3) is 5.60. The van der Waals surface area contributed by atoms with Gasteiger partial charge in [-0.25, -0.2) is 4.79 Å². The smallest absolute Gasteiger partial charge is 0.325 e. The molecule has 1 saturated carbocycles. The number of para-hydroxylation sites is 1. The van der Waals surface area contributed by atoms with Crippen LogP contribution in [0.2, 0.25) is 0 Å². The Kier molecular flexibility index (Phi) is 7.93. The molecule has 1 aromatic rings. The standard InChI is InChI=1S/C26H36N4O5/c1-2-20(19-10-3-4-11-21(19)35-18-23(32)29-15-7-8-16-29)27-22(31)12-9-17-30-24(33)26(28-25(30)34)13-5-6-14-26/h3-4,10-11,20H,2,5-9,12-18H2,1H3,(H,27,31)(H,28,34). The molecule has 1 atom stereocenters. The molecular formula is C26H36N4O5. The molecule has 2 aliphatic heterocycles. The van der Waals surface area contributed by atoms with E-state index in [0.29, 0.717) is 31.4 Å². The van der Waals surface area contributed by atoms with Crippen molar-refractivity contribution in [3.05, 3.63) is 29.8 Å². The molecule has 0 aromatic heterocycles. The number of benzene rings is 1. The van der Waals surface area contributed by atoms with E-state index < -0.39 is 5.54 Å². The van der Waals surface area contributed by atoms with Gasteiger partial charge in [-0.3, -0.25) is 19.3 Å². The zero-order chi connectivity index (χ0) is 24.8.